The third-order valence-electron chi connectivity index (χ3n) is 5.67. The molecule has 1 spiro atoms. The van der Waals surface area contributed by atoms with Gasteiger partial charge in [0.25, 0.3) is 5.91 Å². The molecular weight excluding hydrogens is 332 g/mol. The van der Waals surface area contributed by atoms with Crippen LogP contribution in [0.3, 0.4) is 0 Å². The van der Waals surface area contributed by atoms with Crippen molar-refractivity contribution in [2.75, 3.05) is 32.8 Å². The quantitative estimate of drug-likeness (QED) is 0.818. The molecule has 2 amide bonds. The second-order valence-electron chi connectivity index (χ2n) is 7.42. The van der Waals surface area contributed by atoms with Gasteiger partial charge in [0, 0.05) is 19.6 Å². The minimum Gasteiger partial charge on any atom is -0.452 e. The maximum absolute atomic E-state index is 12.9. The Morgan fingerprint density at radius 2 is 2.00 bits per heavy atom. The Hall–Kier alpha value is -1.53. The molecule has 0 bridgehead atoms. The van der Waals surface area contributed by atoms with Crippen LogP contribution >= 0.6 is 11.6 Å². The number of nitrogens with zero attached hydrogens (tertiary/aromatic N) is 2. The highest BCUT2D eigenvalue weighted by Crippen LogP contribution is 2.43. The predicted octanol–water partition coefficient (Wildman–Crippen LogP) is 2.18. The van der Waals surface area contributed by atoms with Gasteiger partial charge in [-0.2, -0.15) is 0 Å². The number of hydrogen-bond acceptors (Lipinski definition) is 4. The summed E-state index contributed by atoms with van der Waals surface area (Å²) in [4.78, 5) is 29.5. The van der Waals surface area contributed by atoms with Crippen LogP contribution in [-0.2, 0) is 9.53 Å². The average molecular weight is 353 g/mol. The molecule has 24 heavy (non-hydrogen) atoms. The lowest BCUT2D eigenvalue weighted by Gasteiger charge is -2.57. The molecule has 0 unspecified atom stereocenters. The van der Waals surface area contributed by atoms with Crippen LogP contribution in [0.5, 0.6) is 0 Å². The van der Waals surface area contributed by atoms with Gasteiger partial charge >= 0.3 is 0 Å². The number of halogens is 1. The van der Waals surface area contributed by atoms with Crippen LogP contribution in [0.2, 0.25) is 5.22 Å². The van der Waals surface area contributed by atoms with Crippen molar-refractivity contribution in [3.05, 3.63) is 23.1 Å². The van der Waals surface area contributed by atoms with Crippen molar-refractivity contribution in [1.82, 2.24) is 9.80 Å². The Morgan fingerprint density at radius 3 is 2.50 bits per heavy atom. The predicted molar refractivity (Wildman–Crippen MR) is 86.8 cm³/mol. The topological polar surface area (TPSA) is 63.0 Å². The van der Waals surface area contributed by atoms with Crippen LogP contribution < -0.4 is 0 Å². The molecule has 2 aliphatic heterocycles. The van der Waals surface area contributed by atoms with Crippen LogP contribution in [0, 0.1) is 5.41 Å². The number of hydrogen-bond donors (Lipinski definition) is 0. The van der Waals surface area contributed by atoms with Gasteiger partial charge < -0.3 is 19.0 Å². The highest BCUT2D eigenvalue weighted by molar-refractivity contribution is 6.32. The lowest BCUT2D eigenvalue weighted by molar-refractivity contribution is -0.174. The summed E-state index contributed by atoms with van der Waals surface area (Å²) in [6.07, 6.45) is 4.35. The molecule has 2 saturated heterocycles. The first-order chi connectivity index (χ1) is 11.5. The first-order valence-electron chi connectivity index (χ1n) is 8.37. The molecule has 1 aromatic rings. The number of carbonyl (C=O) groups excluding carboxylic acids is 2. The average Bonchev–Trinajstić information content (AvgIpc) is 2.95. The van der Waals surface area contributed by atoms with Crippen molar-refractivity contribution in [3.8, 4) is 0 Å². The standard InChI is InChI=1S/C17H21ClN2O4/c1-16(10-23-11-16)15(22)19-6-7-20(17(9-19)4-2-5-17)14(21)12-3-8-24-13(12)18/h3,8H,2,4-7,9-11H2,1H3. The van der Waals surface area contributed by atoms with Crippen LogP contribution in [0.15, 0.2) is 16.7 Å². The summed E-state index contributed by atoms with van der Waals surface area (Å²) >= 11 is 5.98. The van der Waals surface area contributed by atoms with Crippen molar-refractivity contribution in [1.29, 1.82) is 0 Å². The minimum atomic E-state index is -0.398. The highest BCUT2D eigenvalue weighted by atomic mass is 35.5. The molecule has 0 atom stereocenters. The maximum atomic E-state index is 12.9. The molecule has 1 aliphatic carbocycles. The van der Waals surface area contributed by atoms with Crippen LogP contribution in [0.25, 0.3) is 0 Å². The molecule has 130 valence electrons. The van der Waals surface area contributed by atoms with E-state index in [1.807, 2.05) is 16.7 Å². The van der Waals surface area contributed by atoms with Gasteiger partial charge in [-0.25, -0.2) is 0 Å². The second-order valence-corrected chi connectivity index (χ2v) is 7.77. The number of rotatable bonds is 2. The summed E-state index contributed by atoms with van der Waals surface area (Å²) in [5, 5.41) is 0.132. The summed E-state index contributed by atoms with van der Waals surface area (Å²) in [5.74, 6) is 0.0483. The summed E-state index contributed by atoms with van der Waals surface area (Å²) < 4.78 is 10.3. The molecule has 6 nitrogen and oxygen atoms in total. The second kappa shape index (κ2) is 5.49. The lowest BCUT2D eigenvalue weighted by atomic mass is 9.72. The monoisotopic (exact) mass is 352 g/mol. The van der Waals surface area contributed by atoms with Crippen molar-refractivity contribution in [3.63, 3.8) is 0 Å². The maximum Gasteiger partial charge on any atom is 0.259 e. The van der Waals surface area contributed by atoms with E-state index in [2.05, 4.69) is 0 Å². The Kier molecular flexibility index (Phi) is 3.65. The van der Waals surface area contributed by atoms with Gasteiger partial charge in [0.15, 0.2) is 0 Å². The molecular formula is C17H21ClN2O4. The third kappa shape index (κ3) is 2.27. The Labute approximate surface area is 145 Å². The van der Waals surface area contributed by atoms with Crippen LogP contribution in [-0.4, -0.2) is 60.0 Å². The van der Waals surface area contributed by atoms with E-state index in [1.54, 1.807) is 6.07 Å². The van der Waals surface area contributed by atoms with E-state index in [0.29, 0.717) is 38.4 Å². The largest absolute Gasteiger partial charge is 0.452 e. The van der Waals surface area contributed by atoms with Crippen LogP contribution in [0.1, 0.15) is 36.5 Å². The number of ether oxygens (including phenoxy) is 1. The molecule has 0 aromatic carbocycles. The molecule has 0 N–H and O–H groups in total. The fraction of sp³-hybridized carbons (Fsp3) is 0.647. The van der Waals surface area contributed by atoms with Crippen molar-refractivity contribution in [2.45, 2.75) is 31.7 Å². The zero-order valence-corrected chi connectivity index (χ0v) is 14.5. The zero-order chi connectivity index (χ0) is 16.9. The third-order valence-corrected chi connectivity index (χ3v) is 5.97. The van der Waals surface area contributed by atoms with Gasteiger partial charge in [-0.15, -0.1) is 0 Å². The zero-order valence-electron chi connectivity index (χ0n) is 13.7. The van der Waals surface area contributed by atoms with Crippen molar-refractivity contribution >= 4 is 23.4 Å². The summed E-state index contributed by atoms with van der Waals surface area (Å²) in [6.45, 7) is 4.61. The number of amides is 2. The van der Waals surface area contributed by atoms with E-state index < -0.39 is 5.41 Å². The van der Waals surface area contributed by atoms with Gasteiger partial charge in [-0.05, 0) is 43.9 Å². The molecule has 3 fully saturated rings. The highest BCUT2D eigenvalue weighted by Gasteiger charge is 2.52. The van der Waals surface area contributed by atoms with E-state index in [1.165, 1.54) is 6.26 Å². The van der Waals surface area contributed by atoms with Gasteiger partial charge in [-0.3, -0.25) is 9.59 Å². The van der Waals surface area contributed by atoms with Crippen molar-refractivity contribution in [2.24, 2.45) is 5.41 Å². The summed E-state index contributed by atoms with van der Waals surface area (Å²) in [6, 6.07) is 1.61. The van der Waals surface area contributed by atoms with Gasteiger partial charge in [-0.1, -0.05) is 0 Å². The number of piperazine rings is 1. The van der Waals surface area contributed by atoms with Gasteiger partial charge in [0.2, 0.25) is 11.1 Å². The fourth-order valence-electron chi connectivity index (χ4n) is 3.99. The lowest BCUT2D eigenvalue weighted by Crippen LogP contribution is -2.69. The molecule has 1 aromatic heterocycles. The Balaban J connectivity index is 1.54. The van der Waals surface area contributed by atoms with Crippen molar-refractivity contribution < 1.29 is 18.7 Å². The minimum absolute atomic E-state index is 0.0984. The van der Waals surface area contributed by atoms with Gasteiger partial charge in [0.1, 0.15) is 0 Å². The van der Waals surface area contributed by atoms with E-state index in [-0.39, 0.29) is 22.6 Å². The Bertz CT molecular complexity index is 678. The molecule has 4 rings (SSSR count). The molecule has 3 aliphatic rings. The van der Waals surface area contributed by atoms with E-state index >= 15 is 0 Å². The number of carbonyl (C=O) groups is 2. The molecule has 0 radical (unpaired) electrons. The molecule has 7 heteroatoms. The normalized spacial score (nSPS) is 24.4. The van der Waals surface area contributed by atoms with E-state index in [9.17, 15) is 9.59 Å². The SMILES string of the molecule is CC1(C(=O)N2CCN(C(=O)c3ccoc3Cl)C3(CCC3)C2)COC1. The van der Waals surface area contributed by atoms with Crippen LogP contribution in [0.4, 0.5) is 0 Å². The van der Waals surface area contributed by atoms with E-state index in [0.717, 1.165) is 19.3 Å². The smallest absolute Gasteiger partial charge is 0.259 e. The summed E-state index contributed by atoms with van der Waals surface area (Å²) in [5.41, 5.74) is -0.251. The fourth-order valence-corrected chi connectivity index (χ4v) is 4.18. The molecule has 1 saturated carbocycles. The first-order valence-corrected chi connectivity index (χ1v) is 8.75. The Morgan fingerprint density at radius 1 is 1.25 bits per heavy atom. The first kappa shape index (κ1) is 16.0. The van der Waals surface area contributed by atoms with E-state index in [4.69, 9.17) is 20.8 Å². The molecule has 3 heterocycles. The number of furan rings is 1. The summed E-state index contributed by atoms with van der Waals surface area (Å²) in [7, 11) is 0. The van der Waals surface area contributed by atoms with Gasteiger partial charge in [0.05, 0.1) is 36.0 Å².